The Morgan fingerprint density at radius 2 is 1.32 bits per heavy atom. The molecule has 0 saturated carbocycles. The van der Waals surface area contributed by atoms with Gasteiger partial charge in [0, 0.05) is 43.8 Å². The number of anilines is 1. The minimum Gasteiger partial charge on any atom is -0.369 e. The molecule has 1 amide bonds. The predicted octanol–water partition coefficient (Wildman–Crippen LogP) is 4.91. The minimum absolute atomic E-state index is 0. The Labute approximate surface area is 214 Å². The molecular formula is C27H32Cl2FN3O. The van der Waals surface area contributed by atoms with E-state index in [0.717, 1.165) is 51.2 Å². The average Bonchev–Trinajstić information content (AvgIpc) is 2.86. The summed E-state index contributed by atoms with van der Waals surface area (Å²) in [7, 11) is 0. The fourth-order valence-corrected chi connectivity index (χ4v) is 4.71. The maximum atomic E-state index is 13.2. The summed E-state index contributed by atoms with van der Waals surface area (Å²) in [5.41, 5.74) is 3.21. The van der Waals surface area contributed by atoms with E-state index in [1.807, 2.05) is 24.3 Å². The van der Waals surface area contributed by atoms with Crippen LogP contribution in [0.3, 0.4) is 0 Å². The van der Waals surface area contributed by atoms with Crippen molar-refractivity contribution in [3.05, 3.63) is 102 Å². The van der Waals surface area contributed by atoms with Gasteiger partial charge in [-0.05, 0) is 48.4 Å². The Hall–Kier alpha value is -2.60. The van der Waals surface area contributed by atoms with Crippen LogP contribution in [0.1, 0.15) is 17.5 Å². The van der Waals surface area contributed by atoms with Crippen LogP contribution in [-0.2, 0) is 10.2 Å². The molecule has 0 unspecified atom stereocenters. The van der Waals surface area contributed by atoms with Crippen LogP contribution in [-0.4, -0.2) is 50.6 Å². The first kappa shape index (κ1) is 27.6. The van der Waals surface area contributed by atoms with Crippen molar-refractivity contribution in [3.8, 4) is 0 Å². The number of amides is 1. The Bertz CT molecular complexity index is 942. The quantitative estimate of drug-likeness (QED) is 0.421. The number of hydrogen-bond acceptors (Lipinski definition) is 3. The van der Waals surface area contributed by atoms with Gasteiger partial charge in [0.25, 0.3) is 0 Å². The van der Waals surface area contributed by atoms with E-state index < -0.39 is 0 Å². The number of rotatable bonds is 9. The molecule has 3 aromatic carbocycles. The number of halogens is 3. The van der Waals surface area contributed by atoms with E-state index in [1.54, 1.807) is 0 Å². The molecule has 1 aliphatic rings. The van der Waals surface area contributed by atoms with E-state index in [1.165, 1.54) is 23.3 Å². The maximum absolute atomic E-state index is 13.2. The molecule has 0 aromatic heterocycles. The van der Waals surface area contributed by atoms with Crippen LogP contribution >= 0.6 is 24.8 Å². The Kier molecular flexibility index (Phi) is 10.8. The number of nitrogens with one attached hydrogen (secondary N) is 1. The van der Waals surface area contributed by atoms with Crippen LogP contribution in [0.15, 0.2) is 84.9 Å². The molecule has 0 aliphatic carbocycles. The molecule has 1 fully saturated rings. The second-order valence-electron chi connectivity index (χ2n) is 8.37. The molecule has 4 nitrogen and oxygen atoms in total. The Morgan fingerprint density at radius 1 is 0.794 bits per heavy atom. The van der Waals surface area contributed by atoms with E-state index >= 15 is 0 Å². The zero-order valence-corrected chi connectivity index (χ0v) is 20.7. The minimum atomic E-state index is -0.294. The van der Waals surface area contributed by atoms with Gasteiger partial charge in [-0.15, -0.1) is 24.8 Å². The van der Waals surface area contributed by atoms with E-state index in [-0.39, 0.29) is 36.0 Å². The first-order chi connectivity index (χ1) is 15.7. The number of hydrogen-bond donors (Lipinski definition) is 1. The highest BCUT2D eigenvalue weighted by atomic mass is 35.5. The first-order valence-electron chi connectivity index (χ1n) is 11.2. The highest BCUT2D eigenvalue weighted by Gasteiger charge is 2.34. The van der Waals surface area contributed by atoms with E-state index in [4.69, 9.17) is 0 Å². The van der Waals surface area contributed by atoms with Gasteiger partial charge in [-0.2, -0.15) is 0 Å². The molecule has 0 atom stereocenters. The lowest BCUT2D eigenvalue weighted by atomic mass is 9.71. The zero-order valence-electron chi connectivity index (χ0n) is 19.1. The predicted molar refractivity (Wildman–Crippen MR) is 142 cm³/mol. The smallest absolute Gasteiger partial charge is 0.207 e. The van der Waals surface area contributed by atoms with Crippen LogP contribution in [0.5, 0.6) is 0 Å². The van der Waals surface area contributed by atoms with Crippen molar-refractivity contribution in [1.29, 1.82) is 0 Å². The van der Waals surface area contributed by atoms with Gasteiger partial charge in [0.2, 0.25) is 6.41 Å². The Morgan fingerprint density at radius 3 is 1.82 bits per heavy atom. The largest absolute Gasteiger partial charge is 0.369 e. The van der Waals surface area contributed by atoms with Gasteiger partial charge in [0.1, 0.15) is 5.82 Å². The fraction of sp³-hybridized carbons (Fsp3) is 0.296. The third-order valence-corrected chi connectivity index (χ3v) is 6.56. The molecule has 0 bridgehead atoms. The zero-order chi connectivity index (χ0) is 22.2. The number of benzene rings is 3. The second-order valence-corrected chi connectivity index (χ2v) is 8.37. The van der Waals surface area contributed by atoms with E-state index in [2.05, 4.69) is 63.6 Å². The van der Waals surface area contributed by atoms with Gasteiger partial charge in [-0.3, -0.25) is 9.69 Å². The summed E-state index contributed by atoms with van der Waals surface area (Å²) in [5.74, 6) is -0.200. The summed E-state index contributed by atoms with van der Waals surface area (Å²) < 4.78 is 13.2. The molecule has 182 valence electrons. The standard InChI is InChI=1S/C27H30FN3O.2ClH/c28-25-11-13-26(14-12-25)31-19-17-30(18-20-31)16-15-27(21-29-22-32,23-7-3-1-4-8-23)24-9-5-2-6-10-24;;/h1-14,22H,15-21H2,(H,29,32);2*1H. The van der Waals surface area contributed by atoms with Gasteiger partial charge >= 0.3 is 0 Å². The van der Waals surface area contributed by atoms with Gasteiger partial charge in [-0.25, -0.2) is 4.39 Å². The summed E-state index contributed by atoms with van der Waals surface area (Å²) in [4.78, 5) is 16.1. The topological polar surface area (TPSA) is 35.6 Å². The summed E-state index contributed by atoms with van der Waals surface area (Å²) in [5, 5.41) is 2.97. The highest BCUT2D eigenvalue weighted by molar-refractivity contribution is 5.85. The molecule has 0 radical (unpaired) electrons. The highest BCUT2D eigenvalue weighted by Crippen LogP contribution is 2.35. The molecular weight excluding hydrogens is 472 g/mol. The van der Waals surface area contributed by atoms with Crippen LogP contribution in [0.2, 0.25) is 0 Å². The number of carbonyl (C=O) groups excluding carboxylic acids is 1. The lowest BCUT2D eigenvalue weighted by Gasteiger charge is -2.40. The monoisotopic (exact) mass is 503 g/mol. The lowest BCUT2D eigenvalue weighted by Crippen LogP contribution is -2.49. The summed E-state index contributed by atoms with van der Waals surface area (Å²) >= 11 is 0. The summed E-state index contributed by atoms with van der Waals surface area (Å²) in [6.07, 6.45) is 1.69. The molecule has 1 N–H and O–H groups in total. The molecule has 4 rings (SSSR count). The van der Waals surface area contributed by atoms with Crippen molar-refractivity contribution in [1.82, 2.24) is 10.2 Å². The molecule has 7 heteroatoms. The van der Waals surface area contributed by atoms with Gasteiger partial charge in [0.05, 0.1) is 0 Å². The normalized spacial score (nSPS) is 14.0. The SMILES string of the molecule is Cl.Cl.O=CNCC(CCN1CCN(c2ccc(F)cc2)CC1)(c1ccccc1)c1ccccc1. The molecule has 0 spiro atoms. The second kappa shape index (κ2) is 13.3. The van der Waals surface area contributed by atoms with Crippen molar-refractivity contribution in [2.75, 3.05) is 44.2 Å². The first-order valence-corrected chi connectivity index (χ1v) is 11.2. The number of nitrogens with zero attached hydrogens (tertiary/aromatic N) is 2. The van der Waals surface area contributed by atoms with Gasteiger partial charge in [0.15, 0.2) is 0 Å². The van der Waals surface area contributed by atoms with Crippen molar-refractivity contribution in [3.63, 3.8) is 0 Å². The van der Waals surface area contributed by atoms with Crippen molar-refractivity contribution >= 4 is 36.9 Å². The molecule has 1 saturated heterocycles. The van der Waals surface area contributed by atoms with E-state index in [9.17, 15) is 9.18 Å². The third-order valence-electron chi connectivity index (χ3n) is 6.56. The number of piperazine rings is 1. The van der Waals surface area contributed by atoms with Crippen LogP contribution in [0.4, 0.5) is 10.1 Å². The Balaban J connectivity index is 0.00000204. The molecule has 1 heterocycles. The van der Waals surface area contributed by atoms with Crippen molar-refractivity contribution in [2.45, 2.75) is 11.8 Å². The fourth-order valence-electron chi connectivity index (χ4n) is 4.71. The summed E-state index contributed by atoms with van der Waals surface area (Å²) in [6.45, 7) is 5.24. The third kappa shape index (κ3) is 6.50. The molecule has 3 aromatic rings. The maximum Gasteiger partial charge on any atom is 0.207 e. The van der Waals surface area contributed by atoms with Crippen LogP contribution < -0.4 is 10.2 Å². The molecule has 34 heavy (non-hydrogen) atoms. The molecule has 1 aliphatic heterocycles. The van der Waals surface area contributed by atoms with Gasteiger partial charge < -0.3 is 10.2 Å². The summed E-state index contributed by atoms with van der Waals surface area (Å²) in [6, 6.07) is 27.7. The van der Waals surface area contributed by atoms with Gasteiger partial charge in [-0.1, -0.05) is 60.7 Å². The van der Waals surface area contributed by atoms with Crippen LogP contribution in [0, 0.1) is 5.82 Å². The number of carbonyl (C=O) groups is 1. The van der Waals surface area contributed by atoms with Crippen LogP contribution in [0.25, 0.3) is 0 Å². The van der Waals surface area contributed by atoms with Crippen molar-refractivity contribution < 1.29 is 9.18 Å². The van der Waals surface area contributed by atoms with Crippen molar-refractivity contribution in [2.24, 2.45) is 0 Å². The average molecular weight is 504 g/mol. The lowest BCUT2D eigenvalue weighted by molar-refractivity contribution is -0.109. The van der Waals surface area contributed by atoms with E-state index in [0.29, 0.717) is 6.54 Å².